The predicted octanol–water partition coefficient (Wildman–Crippen LogP) is 2.22. The van der Waals surface area contributed by atoms with Crippen molar-refractivity contribution in [3.05, 3.63) is 18.0 Å². The lowest BCUT2D eigenvalue weighted by Crippen LogP contribution is -2.28. The molecule has 10 heteroatoms. The van der Waals surface area contributed by atoms with Crippen LogP contribution in [0, 0.1) is 5.92 Å². The van der Waals surface area contributed by atoms with E-state index in [1.807, 2.05) is 0 Å². The second-order valence-corrected chi connectivity index (χ2v) is 7.38. The molecule has 3 heterocycles. The molecule has 0 amide bonds. The number of carbonyl (C=O) groups excluding carboxylic acids is 1. The number of aromatic nitrogens is 5. The van der Waals surface area contributed by atoms with E-state index in [0.717, 1.165) is 32.0 Å². The van der Waals surface area contributed by atoms with Crippen molar-refractivity contribution in [1.82, 2.24) is 24.7 Å². The number of methoxy groups -OCH3 is 1. The SMILES string of the molecule is COc1nn(C)cc1Nc1nc(NC2CCC(CO)CC2)c2c(C=O)c[nH]c2n1. The molecule has 0 spiro atoms. The third-order valence-corrected chi connectivity index (χ3v) is 5.37. The molecule has 154 valence electrons. The van der Waals surface area contributed by atoms with Gasteiger partial charge in [-0.05, 0) is 31.6 Å². The lowest BCUT2D eigenvalue weighted by Gasteiger charge is -2.28. The number of ether oxygens (including phenoxy) is 1. The van der Waals surface area contributed by atoms with Gasteiger partial charge in [-0.1, -0.05) is 0 Å². The lowest BCUT2D eigenvalue weighted by molar-refractivity contribution is 0.112. The van der Waals surface area contributed by atoms with E-state index in [2.05, 4.69) is 30.7 Å². The fourth-order valence-electron chi connectivity index (χ4n) is 3.82. The summed E-state index contributed by atoms with van der Waals surface area (Å²) in [6.45, 7) is 0.235. The quantitative estimate of drug-likeness (QED) is 0.445. The summed E-state index contributed by atoms with van der Waals surface area (Å²) in [4.78, 5) is 23.7. The van der Waals surface area contributed by atoms with Gasteiger partial charge in [-0.3, -0.25) is 9.48 Å². The Hall–Kier alpha value is -3.14. The molecule has 0 radical (unpaired) electrons. The van der Waals surface area contributed by atoms with Crippen LogP contribution in [0.2, 0.25) is 0 Å². The first-order valence-corrected chi connectivity index (χ1v) is 9.67. The highest BCUT2D eigenvalue weighted by Gasteiger charge is 2.23. The van der Waals surface area contributed by atoms with Gasteiger partial charge in [0.1, 0.15) is 17.2 Å². The number of aliphatic hydroxyl groups excluding tert-OH is 1. The number of hydrogen-bond donors (Lipinski definition) is 4. The molecular weight excluding hydrogens is 374 g/mol. The van der Waals surface area contributed by atoms with Crippen LogP contribution in [0.25, 0.3) is 11.0 Å². The van der Waals surface area contributed by atoms with Crippen LogP contribution in [0.1, 0.15) is 36.0 Å². The fraction of sp³-hybridized carbons (Fsp3) is 0.474. The molecule has 0 saturated heterocycles. The molecule has 4 N–H and O–H groups in total. The number of nitrogens with one attached hydrogen (secondary N) is 3. The van der Waals surface area contributed by atoms with Crippen LogP contribution in [0.3, 0.4) is 0 Å². The fourth-order valence-corrected chi connectivity index (χ4v) is 3.82. The molecule has 0 bridgehead atoms. The lowest BCUT2D eigenvalue weighted by atomic mass is 9.86. The number of aryl methyl sites for hydroxylation is 1. The number of rotatable bonds is 7. The first kappa shape index (κ1) is 19.2. The van der Waals surface area contributed by atoms with Crippen molar-refractivity contribution in [3.63, 3.8) is 0 Å². The molecule has 0 aliphatic heterocycles. The zero-order chi connectivity index (χ0) is 20.4. The van der Waals surface area contributed by atoms with Gasteiger partial charge in [-0.15, -0.1) is 5.10 Å². The number of nitrogens with zero attached hydrogens (tertiary/aromatic N) is 4. The van der Waals surface area contributed by atoms with Gasteiger partial charge in [0.25, 0.3) is 5.88 Å². The molecule has 0 atom stereocenters. The van der Waals surface area contributed by atoms with Crippen molar-refractivity contribution in [2.75, 3.05) is 24.4 Å². The Morgan fingerprint density at radius 3 is 2.83 bits per heavy atom. The third-order valence-electron chi connectivity index (χ3n) is 5.37. The molecule has 1 aliphatic carbocycles. The molecule has 4 rings (SSSR count). The number of hydrogen-bond acceptors (Lipinski definition) is 8. The Labute approximate surface area is 167 Å². The summed E-state index contributed by atoms with van der Waals surface area (Å²) in [6, 6.07) is 0.228. The second-order valence-electron chi connectivity index (χ2n) is 7.38. The minimum Gasteiger partial charge on any atom is -0.478 e. The summed E-state index contributed by atoms with van der Waals surface area (Å²) in [6.07, 6.45) is 8.03. The van der Waals surface area contributed by atoms with Gasteiger partial charge in [0.2, 0.25) is 5.95 Å². The average Bonchev–Trinajstić information content (AvgIpc) is 3.31. The topological polar surface area (TPSA) is 130 Å². The van der Waals surface area contributed by atoms with Crippen LogP contribution in [-0.2, 0) is 7.05 Å². The maximum atomic E-state index is 11.5. The van der Waals surface area contributed by atoms with Crippen LogP contribution in [0.5, 0.6) is 5.88 Å². The van der Waals surface area contributed by atoms with E-state index in [1.165, 1.54) is 0 Å². The largest absolute Gasteiger partial charge is 0.478 e. The summed E-state index contributed by atoms with van der Waals surface area (Å²) in [5, 5.41) is 20.9. The second kappa shape index (κ2) is 8.08. The van der Waals surface area contributed by atoms with E-state index >= 15 is 0 Å². The molecule has 3 aromatic heterocycles. The van der Waals surface area contributed by atoms with Gasteiger partial charge < -0.3 is 25.5 Å². The molecule has 1 aliphatic rings. The van der Waals surface area contributed by atoms with Gasteiger partial charge in [-0.2, -0.15) is 9.97 Å². The number of carbonyl (C=O) groups is 1. The molecule has 29 heavy (non-hydrogen) atoms. The van der Waals surface area contributed by atoms with E-state index in [4.69, 9.17) is 4.74 Å². The van der Waals surface area contributed by atoms with E-state index in [9.17, 15) is 9.90 Å². The van der Waals surface area contributed by atoms with E-state index in [0.29, 0.717) is 45.8 Å². The van der Waals surface area contributed by atoms with Crippen LogP contribution in [-0.4, -0.2) is 55.9 Å². The maximum absolute atomic E-state index is 11.5. The van der Waals surface area contributed by atoms with Gasteiger partial charge >= 0.3 is 0 Å². The van der Waals surface area contributed by atoms with Crippen molar-refractivity contribution >= 4 is 34.8 Å². The monoisotopic (exact) mass is 399 g/mol. The Morgan fingerprint density at radius 1 is 1.34 bits per heavy atom. The first-order chi connectivity index (χ1) is 14.1. The maximum Gasteiger partial charge on any atom is 0.256 e. The molecule has 3 aromatic rings. The van der Waals surface area contributed by atoms with Gasteiger partial charge in [-0.25, -0.2) is 0 Å². The minimum atomic E-state index is 0.228. The normalized spacial score (nSPS) is 19.3. The number of H-pyrrole nitrogens is 1. The summed E-state index contributed by atoms with van der Waals surface area (Å²) in [7, 11) is 3.35. The molecule has 10 nitrogen and oxygen atoms in total. The number of fused-ring (bicyclic) bond motifs is 1. The molecule has 1 fully saturated rings. The standard InChI is InChI=1S/C19H25N7O3/c1-26-8-14(18(25-26)29-2)22-19-23-16-15(12(10-28)7-20-16)17(24-19)21-13-5-3-11(9-27)4-6-13/h7-8,10-11,13,27H,3-6,9H2,1-2H3,(H3,20,21,22,23,24). The van der Waals surface area contributed by atoms with E-state index < -0.39 is 0 Å². The van der Waals surface area contributed by atoms with Crippen LogP contribution in [0.15, 0.2) is 12.4 Å². The summed E-state index contributed by atoms with van der Waals surface area (Å²) in [5.41, 5.74) is 1.72. The van der Waals surface area contributed by atoms with Crippen molar-refractivity contribution < 1.29 is 14.6 Å². The van der Waals surface area contributed by atoms with Crippen molar-refractivity contribution in [1.29, 1.82) is 0 Å². The number of anilines is 3. The number of aldehydes is 1. The van der Waals surface area contributed by atoms with Crippen molar-refractivity contribution in [3.8, 4) is 5.88 Å². The van der Waals surface area contributed by atoms with Gasteiger partial charge in [0, 0.05) is 31.5 Å². The molecule has 0 unspecified atom stereocenters. The zero-order valence-electron chi connectivity index (χ0n) is 16.5. The molecule has 0 aromatic carbocycles. The predicted molar refractivity (Wildman–Crippen MR) is 109 cm³/mol. The Bertz CT molecular complexity index is 1000. The first-order valence-electron chi connectivity index (χ1n) is 9.67. The van der Waals surface area contributed by atoms with E-state index in [-0.39, 0.29) is 12.6 Å². The van der Waals surface area contributed by atoms with Gasteiger partial charge in [0.05, 0.1) is 18.7 Å². The summed E-state index contributed by atoms with van der Waals surface area (Å²) < 4.78 is 6.92. The Morgan fingerprint density at radius 2 is 2.14 bits per heavy atom. The van der Waals surface area contributed by atoms with Crippen LogP contribution in [0.4, 0.5) is 17.5 Å². The van der Waals surface area contributed by atoms with Crippen LogP contribution >= 0.6 is 0 Å². The number of aliphatic hydroxyl groups is 1. The summed E-state index contributed by atoms with van der Waals surface area (Å²) >= 11 is 0. The molecular formula is C19H25N7O3. The smallest absolute Gasteiger partial charge is 0.256 e. The average molecular weight is 399 g/mol. The van der Waals surface area contributed by atoms with Gasteiger partial charge in [0.15, 0.2) is 6.29 Å². The highest BCUT2D eigenvalue weighted by molar-refractivity contribution is 6.02. The van der Waals surface area contributed by atoms with Crippen molar-refractivity contribution in [2.24, 2.45) is 13.0 Å². The van der Waals surface area contributed by atoms with Crippen molar-refractivity contribution in [2.45, 2.75) is 31.7 Å². The van der Waals surface area contributed by atoms with Crippen LogP contribution < -0.4 is 15.4 Å². The zero-order valence-corrected chi connectivity index (χ0v) is 16.5. The number of aromatic amines is 1. The third kappa shape index (κ3) is 3.88. The summed E-state index contributed by atoms with van der Waals surface area (Å²) in [5.74, 6) is 1.78. The Kier molecular flexibility index (Phi) is 5.34. The molecule has 1 saturated carbocycles. The minimum absolute atomic E-state index is 0.228. The van der Waals surface area contributed by atoms with E-state index in [1.54, 1.807) is 31.2 Å². The highest BCUT2D eigenvalue weighted by atomic mass is 16.5. The highest BCUT2D eigenvalue weighted by Crippen LogP contribution is 2.31. The Balaban J connectivity index is 1.66.